The van der Waals surface area contributed by atoms with Gasteiger partial charge in [0.1, 0.15) is 11.5 Å². The summed E-state index contributed by atoms with van der Waals surface area (Å²) in [7, 11) is 0. The standard InChI is InChI=1S/C14H15NO2S/c1-9-6-7-13(17-9)10(2)15-14(16)11-4-3-5-12(18)8-11/h3-8,10,18H,1-2H3,(H,15,16). The van der Waals surface area contributed by atoms with Gasteiger partial charge in [0, 0.05) is 10.5 Å². The first-order valence-corrected chi connectivity index (χ1v) is 6.17. The number of carbonyl (C=O) groups excluding carboxylic acids is 1. The maximum Gasteiger partial charge on any atom is 0.251 e. The molecule has 0 spiro atoms. The second kappa shape index (κ2) is 5.31. The predicted octanol–water partition coefficient (Wildman–Crippen LogP) is 3.37. The lowest BCUT2D eigenvalue weighted by molar-refractivity contribution is 0.0935. The van der Waals surface area contributed by atoms with E-state index >= 15 is 0 Å². The van der Waals surface area contributed by atoms with Crippen molar-refractivity contribution < 1.29 is 9.21 Å². The van der Waals surface area contributed by atoms with Crippen molar-refractivity contribution >= 4 is 18.5 Å². The summed E-state index contributed by atoms with van der Waals surface area (Å²) in [6, 6.07) is 10.7. The highest BCUT2D eigenvalue weighted by Gasteiger charge is 2.13. The van der Waals surface area contributed by atoms with Crippen LogP contribution in [0.3, 0.4) is 0 Å². The second-order valence-electron chi connectivity index (χ2n) is 4.19. The Labute approximate surface area is 112 Å². The molecule has 0 fully saturated rings. The Morgan fingerprint density at radius 3 is 2.72 bits per heavy atom. The fourth-order valence-electron chi connectivity index (χ4n) is 1.68. The molecule has 1 aromatic heterocycles. The van der Waals surface area contributed by atoms with Crippen LogP contribution in [0, 0.1) is 6.92 Å². The lowest BCUT2D eigenvalue weighted by atomic mass is 10.2. The molecule has 1 atom stereocenters. The Morgan fingerprint density at radius 2 is 2.11 bits per heavy atom. The van der Waals surface area contributed by atoms with Crippen molar-refractivity contribution in [3.8, 4) is 0 Å². The summed E-state index contributed by atoms with van der Waals surface area (Å²) < 4.78 is 5.48. The molecule has 1 heterocycles. The van der Waals surface area contributed by atoms with Crippen molar-refractivity contribution in [3.05, 3.63) is 53.5 Å². The molecule has 1 N–H and O–H groups in total. The Hall–Kier alpha value is -1.68. The SMILES string of the molecule is Cc1ccc(C(C)NC(=O)c2cccc(S)c2)o1. The highest BCUT2D eigenvalue weighted by atomic mass is 32.1. The molecule has 18 heavy (non-hydrogen) atoms. The topological polar surface area (TPSA) is 42.2 Å². The minimum absolute atomic E-state index is 0.132. The van der Waals surface area contributed by atoms with E-state index in [0.29, 0.717) is 5.56 Å². The average molecular weight is 261 g/mol. The zero-order chi connectivity index (χ0) is 13.1. The van der Waals surface area contributed by atoms with E-state index in [-0.39, 0.29) is 11.9 Å². The molecule has 4 heteroatoms. The number of rotatable bonds is 3. The molecule has 3 nitrogen and oxygen atoms in total. The number of carbonyl (C=O) groups is 1. The molecule has 1 unspecified atom stereocenters. The van der Waals surface area contributed by atoms with Gasteiger partial charge < -0.3 is 9.73 Å². The van der Waals surface area contributed by atoms with Crippen molar-refractivity contribution in [2.24, 2.45) is 0 Å². The van der Waals surface area contributed by atoms with E-state index in [2.05, 4.69) is 17.9 Å². The summed E-state index contributed by atoms with van der Waals surface area (Å²) in [5.74, 6) is 1.46. The summed E-state index contributed by atoms with van der Waals surface area (Å²) in [4.78, 5) is 12.8. The van der Waals surface area contributed by atoms with E-state index < -0.39 is 0 Å². The number of benzene rings is 1. The third-order valence-electron chi connectivity index (χ3n) is 2.64. The minimum atomic E-state index is -0.158. The molecule has 1 amide bonds. The fourth-order valence-corrected chi connectivity index (χ4v) is 1.91. The molecule has 0 radical (unpaired) electrons. The summed E-state index contributed by atoms with van der Waals surface area (Å²) >= 11 is 4.21. The quantitative estimate of drug-likeness (QED) is 0.832. The molecule has 0 saturated heterocycles. The van der Waals surface area contributed by atoms with Gasteiger partial charge in [-0.05, 0) is 44.2 Å². The Balaban J connectivity index is 2.08. The van der Waals surface area contributed by atoms with Crippen molar-refractivity contribution in [1.29, 1.82) is 0 Å². The molecule has 2 rings (SSSR count). The molecule has 0 aliphatic heterocycles. The predicted molar refractivity (Wildman–Crippen MR) is 73.0 cm³/mol. The van der Waals surface area contributed by atoms with E-state index in [9.17, 15) is 4.79 Å². The zero-order valence-electron chi connectivity index (χ0n) is 10.3. The van der Waals surface area contributed by atoms with Gasteiger partial charge in [-0.3, -0.25) is 4.79 Å². The normalized spacial score (nSPS) is 12.2. The summed E-state index contributed by atoms with van der Waals surface area (Å²) in [6.07, 6.45) is 0. The number of aryl methyl sites for hydroxylation is 1. The van der Waals surface area contributed by atoms with Gasteiger partial charge in [0.2, 0.25) is 0 Å². The van der Waals surface area contributed by atoms with Gasteiger partial charge in [-0.25, -0.2) is 0 Å². The highest BCUT2D eigenvalue weighted by Crippen LogP contribution is 2.16. The molecule has 0 aliphatic rings. The molecule has 0 bridgehead atoms. The van der Waals surface area contributed by atoms with Crippen LogP contribution in [0.5, 0.6) is 0 Å². The molecular formula is C14H15NO2S. The van der Waals surface area contributed by atoms with E-state index in [4.69, 9.17) is 4.42 Å². The smallest absolute Gasteiger partial charge is 0.251 e. The van der Waals surface area contributed by atoms with Crippen LogP contribution in [-0.2, 0) is 0 Å². The van der Waals surface area contributed by atoms with E-state index in [1.807, 2.05) is 32.0 Å². The summed E-state index contributed by atoms with van der Waals surface area (Å²) in [5, 5.41) is 2.89. The first-order valence-electron chi connectivity index (χ1n) is 5.72. The number of nitrogens with one attached hydrogen (secondary N) is 1. The van der Waals surface area contributed by atoms with Crippen LogP contribution in [0.25, 0.3) is 0 Å². The average Bonchev–Trinajstić information content (AvgIpc) is 2.76. The fraction of sp³-hybridized carbons (Fsp3) is 0.214. The van der Waals surface area contributed by atoms with Gasteiger partial charge in [0.25, 0.3) is 5.91 Å². The summed E-state index contributed by atoms with van der Waals surface area (Å²) in [5.41, 5.74) is 0.595. The number of hydrogen-bond acceptors (Lipinski definition) is 3. The first kappa shape index (κ1) is 12.8. The number of amides is 1. The maximum atomic E-state index is 12.0. The molecule has 1 aromatic carbocycles. The number of furan rings is 1. The third-order valence-corrected chi connectivity index (χ3v) is 2.92. The van der Waals surface area contributed by atoms with Gasteiger partial charge in [0.15, 0.2) is 0 Å². The van der Waals surface area contributed by atoms with Crippen LogP contribution < -0.4 is 5.32 Å². The van der Waals surface area contributed by atoms with Crippen LogP contribution in [-0.4, -0.2) is 5.91 Å². The Morgan fingerprint density at radius 1 is 1.33 bits per heavy atom. The Bertz CT molecular complexity index is 562. The van der Waals surface area contributed by atoms with Crippen molar-refractivity contribution in [2.75, 3.05) is 0 Å². The van der Waals surface area contributed by atoms with Gasteiger partial charge in [-0.2, -0.15) is 0 Å². The van der Waals surface area contributed by atoms with Crippen LogP contribution in [0.1, 0.15) is 34.8 Å². The maximum absolute atomic E-state index is 12.0. The van der Waals surface area contributed by atoms with Crippen molar-refractivity contribution in [2.45, 2.75) is 24.8 Å². The minimum Gasteiger partial charge on any atom is -0.464 e. The van der Waals surface area contributed by atoms with E-state index in [0.717, 1.165) is 16.4 Å². The van der Waals surface area contributed by atoms with E-state index in [1.165, 1.54) is 0 Å². The van der Waals surface area contributed by atoms with Gasteiger partial charge in [0.05, 0.1) is 6.04 Å². The summed E-state index contributed by atoms with van der Waals surface area (Å²) in [6.45, 7) is 3.77. The van der Waals surface area contributed by atoms with Crippen molar-refractivity contribution in [3.63, 3.8) is 0 Å². The van der Waals surface area contributed by atoms with Gasteiger partial charge in [-0.1, -0.05) is 6.07 Å². The molecule has 2 aromatic rings. The van der Waals surface area contributed by atoms with Crippen LogP contribution in [0.2, 0.25) is 0 Å². The Kier molecular flexibility index (Phi) is 3.77. The van der Waals surface area contributed by atoms with Crippen LogP contribution in [0.15, 0.2) is 45.7 Å². The lowest BCUT2D eigenvalue weighted by Gasteiger charge is -2.11. The van der Waals surface area contributed by atoms with Gasteiger partial charge in [-0.15, -0.1) is 12.6 Å². The molecule has 0 aliphatic carbocycles. The van der Waals surface area contributed by atoms with Gasteiger partial charge >= 0.3 is 0 Å². The van der Waals surface area contributed by atoms with E-state index in [1.54, 1.807) is 18.2 Å². The molecule has 94 valence electrons. The van der Waals surface area contributed by atoms with Crippen LogP contribution in [0.4, 0.5) is 0 Å². The highest BCUT2D eigenvalue weighted by molar-refractivity contribution is 7.80. The van der Waals surface area contributed by atoms with Crippen molar-refractivity contribution in [1.82, 2.24) is 5.32 Å². The number of hydrogen-bond donors (Lipinski definition) is 2. The lowest BCUT2D eigenvalue weighted by Crippen LogP contribution is -2.26. The zero-order valence-corrected chi connectivity index (χ0v) is 11.2. The third kappa shape index (κ3) is 2.96. The first-order chi connectivity index (χ1) is 8.56. The molecule has 0 saturated carbocycles. The monoisotopic (exact) mass is 261 g/mol. The largest absolute Gasteiger partial charge is 0.464 e. The second-order valence-corrected chi connectivity index (χ2v) is 4.71. The van der Waals surface area contributed by atoms with Crippen LogP contribution >= 0.6 is 12.6 Å². The molecular weight excluding hydrogens is 246 g/mol. The number of thiol groups is 1.